The van der Waals surface area contributed by atoms with E-state index in [4.69, 9.17) is 5.73 Å². The van der Waals surface area contributed by atoms with Gasteiger partial charge < -0.3 is 11.1 Å². The van der Waals surface area contributed by atoms with Gasteiger partial charge in [-0.2, -0.15) is 0 Å². The molecular formula is C18H22N2O. The van der Waals surface area contributed by atoms with Crippen molar-refractivity contribution in [3.63, 3.8) is 0 Å². The summed E-state index contributed by atoms with van der Waals surface area (Å²) in [7, 11) is 0. The van der Waals surface area contributed by atoms with E-state index in [0.717, 1.165) is 13.0 Å². The molecule has 2 aromatic carbocycles. The monoisotopic (exact) mass is 282 g/mol. The first-order valence-electron chi connectivity index (χ1n) is 7.31. The minimum atomic E-state index is -0.314. The van der Waals surface area contributed by atoms with Crippen molar-refractivity contribution in [2.45, 2.75) is 25.3 Å². The van der Waals surface area contributed by atoms with Crippen LogP contribution in [0.15, 0.2) is 60.7 Å². The Labute approximate surface area is 126 Å². The molecule has 0 saturated heterocycles. The Morgan fingerprint density at radius 3 is 1.90 bits per heavy atom. The summed E-state index contributed by atoms with van der Waals surface area (Å²) in [6, 6.07) is 20.6. The highest BCUT2D eigenvalue weighted by molar-refractivity contribution is 5.79. The van der Waals surface area contributed by atoms with Gasteiger partial charge in [-0.15, -0.1) is 0 Å². The third-order valence-electron chi connectivity index (χ3n) is 3.71. The Hall–Kier alpha value is -2.13. The predicted molar refractivity (Wildman–Crippen MR) is 86.0 cm³/mol. The van der Waals surface area contributed by atoms with E-state index in [-0.39, 0.29) is 11.9 Å². The number of nitrogens with two attached hydrogens (primary N) is 1. The number of rotatable bonds is 7. The molecule has 0 aromatic heterocycles. The molecule has 0 unspecified atom stereocenters. The van der Waals surface area contributed by atoms with Crippen LogP contribution in [0.5, 0.6) is 0 Å². The van der Waals surface area contributed by atoms with E-state index in [1.807, 2.05) is 12.1 Å². The number of benzene rings is 2. The molecule has 0 spiro atoms. The number of hydrogen-bond donors (Lipinski definition) is 2. The quantitative estimate of drug-likeness (QED) is 0.820. The number of nitrogens with one attached hydrogen (secondary N) is 1. The van der Waals surface area contributed by atoms with Gasteiger partial charge in [0.1, 0.15) is 0 Å². The Bertz CT molecular complexity index is 514. The number of hydrogen-bond acceptors (Lipinski definition) is 2. The van der Waals surface area contributed by atoms with Gasteiger partial charge in [-0.05, 0) is 31.0 Å². The van der Waals surface area contributed by atoms with E-state index >= 15 is 0 Å². The van der Waals surface area contributed by atoms with Crippen molar-refractivity contribution in [2.75, 3.05) is 6.54 Å². The summed E-state index contributed by atoms with van der Waals surface area (Å²) >= 11 is 0. The van der Waals surface area contributed by atoms with Crippen LogP contribution >= 0.6 is 0 Å². The van der Waals surface area contributed by atoms with Crippen molar-refractivity contribution in [1.29, 1.82) is 0 Å². The zero-order chi connectivity index (χ0) is 15.1. The van der Waals surface area contributed by atoms with Crippen LogP contribution in [0.25, 0.3) is 0 Å². The maximum atomic E-state index is 11.1. The summed E-state index contributed by atoms with van der Waals surface area (Å²) in [4.78, 5) is 11.1. The van der Waals surface area contributed by atoms with Gasteiger partial charge in [-0.3, -0.25) is 4.79 Å². The molecule has 3 N–H and O–H groups in total. The molecule has 1 atom stereocenters. The molecule has 21 heavy (non-hydrogen) atoms. The largest absolute Gasteiger partial charge is 0.368 e. The van der Waals surface area contributed by atoms with Crippen molar-refractivity contribution in [3.05, 3.63) is 71.8 Å². The van der Waals surface area contributed by atoms with Crippen LogP contribution in [0.1, 0.15) is 30.4 Å². The second-order valence-corrected chi connectivity index (χ2v) is 5.24. The second kappa shape index (κ2) is 7.60. The van der Waals surface area contributed by atoms with E-state index < -0.39 is 0 Å². The molecule has 2 aromatic rings. The Balaban J connectivity index is 2.09. The Morgan fingerprint density at radius 2 is 1.48 bits per heavy atom. The standard InChI is InChI=1S/C18H22N2O/c1-14(18(19)21)20-13-12-17(15-8-4-2-5-9-15)16-10-6-3-7-11-16/h2-11,14,17,20H,12-13H2,1H3,(H2,19,21)/t14-/m1/s1. The summed E-state index contributed by atoms with van der Waals surface area (Å²) in [5.74, 6) is 0.00551. The van der Waals surface area contributed by atoms with Crippen LogP contribution in [0.3, 0.4) is 0 Å². The minimum Gasteiger partial charge on any atom is -0.368 e. The average molecular weight is 282 g/mol. The number of carbonyl (C=O) groups is 1. The molecule has 0 aliphatic heterocycles. The third-order valence-corrected chi connectivity index (χ3v) is 3.71. The van der Waals surface area contributed by atoms with Gasteiger partial charge in [-0.25, -0.2) is 0 Å². The highest BCUT2D eigenvalue weighted by Gasteiger charge is 2.14. The fourth-order valence-corrected chi connectivity index (χ4v) is 2.44. The van der Waals surface area contributed by atoms with E-state index in [0.29, 0.717) is 5.92 Å². The molecule has 0 aliphatic rings. The summed E-state index contributed by atoms with van der Waals surface area (Å²) in [6.45, 7) is 2.54. The van der Waals surface area contributed by atoms with Gasteiger partial charge in [0, 0.05) is 5.92 Å². The van der Waals surface area contributed by atoms with E-state index in [1.54, 1.807) is 6.92 Å². The van der Waals surface area contributed by atoms with Crippen molar-refractivity contribution in [3.8, 4) is 0 Å². The maximum absolute atomic E-state index is 11.1. The second-order valence-electron chi connectivity index (χ2n) is 5.24. The van der Waals surface area contributed by atoms with Gasteiger partial charge in [-0.1, -0.05) is 60.7 Å². The van der Waals surface area contributed by atoms with Gasteiger partial charge >= 0.3 is 0 Å². The number of carbonyl (C=O) groups excluding carboxylic acids is 1. The van der Waals surface area contributed by atoms with Gasteiger partial charge in [0.25, 0.3) is 0 Å². The Morgan fingerprint density at radius 1 is 1.00 bits per heavy atom. The molecule has 2 rings (SSSR count). The molecule has 110 valence electrons. The lowest BCUT2D eigenvalue weighted by atomic mass is 9.88. The number of amides is 1. The zero-order valence-corrected chi connectivity index (χ0v) is 12.3. The van der Waals surface area contributed by atoms with Gasteiger partial charge in [0.05, 0.1) is 6.04 Å². The van der Waals surface area contributed by atoms with E-state index in [2.05, 4.69) is 53.8 Å². The highest BCUT2D eigenvalue weighted by atomic mass is 16.1. The van der Waals surface area contributed by atoms with Gasteiger partial charge in [0.2, 0.25) is 5.91 Å². The highest BCUT2D eigenvalue weighted by Crippen LogP contribution is 2.27. The first-order chi connectivity index (χ1) is 10.2. The SMILES string of the molecule is C[C@@H](NCCC(c1ccccc1)c1ccccc1)C(N)=O. The fraction of sp³-hybridized carbons (Fsp3) is 0.278. The first kappa shape index (κ1) is 15.3. The number of primary amides is 1. The molecule has 0 heterocycles. The predicted octanol–water partition coefficient (Wildman–Crippen LogP) is 2.67. The average Bonchev–Trinajstić information content (AvgIpc) is 2.53. The fourth-order valence-electron chi connectivity index (χ4n) is 2.44. The van der Waals surface area contributed by atoms with Crippen LogP contribution < -0.4 is 11.1 Å². The van der Waals surface area contributed by atoms with Crippen LogP contribution in [0.2, 0.25) is 0 Å². The molecule has 3 heteroatoms. The maximum Gasteiger partial charge on any atom is 0.234 e. The summed E-state index contributed by atoms with van der Waals surface area (Å²) < 4.78 is 0. The molecule has 0 radical (unpaired) electrons. The molecule has 0 fully saturated rings. The Kier molecular flexibility index (Phi) is 5.52. The van der Waals surface area contributed by atoms with Crippen LogP contribution in [0.4, 0.5) is 0 Å². The molecule has 0 bridgehead atoms. The lowest BCUT2D eigenvalue weighted by molar-refractivity contribution is -0.119. The minimum absolute atomic E-state index is 0.294. The lowest BCUT2D eigenvalue weighted by Gasteiger charge is -2.19. The van der Waals surface area contributed by atoms with E-state index in [9.17, 15) is 4.79 Å². The molecule has 3 nitrogen and oxygen atoms in total. The summed E-state index contributed by atoms with van der Waals surface area (Å²) in [6.07, 6.45) is 0.922. The summed E-state index contributed by atoms with van der Waals surface area (Å²) in [5, 5.41) is 3.18. The molecule has 0 aliphatic carbocycles. The van der Waals surface area contributed by atoms with Crippen molar-refractivity contribution in [1.82, 2.24) is 5.32 Å². The van der Waals surface area contributed by atoms with Crippen molar-refractivity contribution in [2.24, 2.45) is 5.73 Å². The molecular weight excluding hydrogens is 260 g/mol. The van der Waals surface area contributed by atoms with Crippen LogP contribution in [-0.4, -0.2) is 18.5 Å². The topological polar surface area (TPSA) is 55.1 Å². The zero-order valence-electron chi connectivity index (χ0n) is 12.3. The van der Waals surface area contributed by atoms with Crippen molar-refractivity contribution >= 4 is 5.91 Å². The van der Waals surface area contributed by atoms with Crippen LogP contribution in [0, 0.1) is 0 Å². The van der Waals surface area contributed by atoms with Crippen molar-refractivity contribution < 1.29 is 4.79 Å². The first-order valence-corrected chi connectivity index (χ1v) is 7.31. The van der Waals surface area contributed by atoms with Crippen LogP contribution in [-0.2, 0) is 4.79 Å². The third kappa shape index (κ3) is 4.43. The normalized spacial score (nSPS) is 12.3. The van der Waals surface area contributed by atoms with E-state index in [1.165, 1.54) is 11.1 Å². The summed E-state index contributed by atoms with van der Waals surface area (Å²) in [5.41, 5.74) is 7.85. The molecule has 0 saturated carbocycles. The van der Waals surface area contributed by atoms with Gasteiger partial charge in [0.15, 0.2) is 0 Å². The lowest BCUT2D eigenvalue weighted by Crippen LogP contribution is -2.39. The smallest absolute Gasteiger partial charge is 0.234 e. The molecule has 1 amide bonds.